The highest BCUT2D eigenvalue weighted by Crippen LogP contribution is 2.15. The van der Waals surface area contributed by atoms with Crippen molar-refractivity contribution in [2.45, 2.75) is 25.7 Å². The average Bonchev–Trinajstić information content (AvgIpc) is 2.58. The van der Waals surface area contributed by atoms with Crippen molar-refractivity contribution in [3.05, 3.63) is 59.9 Å². The molecule has 0 fully saturated rings. The summed E-state index contributed by atoms with van der Waals surface area (Å²) in [5, 5.41) is 0. The summed E-state index contributed by atoms with van der Waals surface area (Å²) in [5.41, 5.74) is 2.30. The van der Waals surface area contributed by atoms with E-state index in [1.165, 1.54) is 12.8 Å². The Labute approximate surface area is 137 Å². The van der Waals surface area contributed by atoms with Crippen LogP contribution in [0.4, 0.5) is 0 Å². The minimum absolute atomic E-state index is 0.759. The second-order valence-corrected chi connectivity index (χ2v) is 5.51. The van der Waals surface area contributed by atoms with Gasteiger partial charge in [-0.3, -0.25) is 4.98 Å². The van der Waals surface area contributed by atoms with E-state index in [1.807, 2.05) is 24.3 Å². The largest absolute Gasteiger partial charge is 0.494 e. The Balaban J connectivity index is 1.74. The third-order valence-electron chi connectivity index (χ3n) is 3.35. The minimum Gasteiger partial charge on any atom is -0.494 e. The van der Waals surface area contributed by atoms with Crippen LogP contribution in [-0.2, 0) is 0 Å². The fourth-order valence-electron chi connectivity index (χ4n) is 2.08. The maximum absolute atomic E-state index is 5.74. The lowest BCUT2D eigenvalue weighted by atomic mass is 10.1. The first kappa shape index (κ1) is 16.6. The average molecular weight is 316 g/mol. The molecule has 0 aliphatic carbocycles. The minimum atomic E-state index is 0.759. The van der Waals surface area contributed by atoms with Crippen molar-refractivity contribution in [3.63, 3.8) is 0 Å². The summed E-state index contributed by atoms with van der Waals surface area (Å²) in [6.45, 7) is 0.772. The van der Waals surface area contributed by atoms with Crippen molar-refractivity contribution < 1.29 is 4.74 Å². The summed E-state index contributed by atoms with van der Waals surface area (Å²) in [5.74, 6) is 1.69. The molecule has 2 nitrogen and oxygen atoms in total. The zero-order valence-electron chi connectivity index (χ0n) is 12.7. The van der Waals surface area contributed by atoms with E-state index in [4.69, 9.17) is 16.3 Å². The zero-order chi connectivity index (χ0) is 15.5. The molecule has 0 spiro atoms. The molecule has 1 aromatic heterocycles. The third kappa shape index (κ3) is 6.31. The van der Waals surface area contributed by atoms with Crippen LogP contribution in [0.15, 0.2) is 48.8 Å². The number of aromatic nitrogens is 1. The number of rotatable bonds is 9. The summed E-state index contributed by atoms with van der Waals surface area (Å²) in [6, 6.07) is 12.1. The Morgan fingerprint density at radius 1 is 0.818 bits per heavy atom. The first-order valence-electron chi connectivity index (χ1n) is 7.75. The molecule has 3 heteroatoms. The van der Waals surface area contributed by atoms with Gasteiger partial charge in [0, 0.05) is 18.3 Å². The van der Waals surface area contributed by atoms with Crippen molar-refractivity contribution in [3.8, 4) is 5.75 Å². The number of nitrogens with zero attached hydrogens (tertiary/aromatic N) is 1. The van der Waals surface area contributed by atoms with E-state index in [-0.39, 0.29) is 0 Å². The quantitative estimate of drug-likeness (QED) is 0.454. The van der Waals surface area contributed by atoms with Gasteiger partial charge < -0.3 is 4.74 Å². The zero-order valence-corrected chi connectivity index (χ0v) is 13.5. The molecule has 0 saturated carbocycles. The van der Waals surface area contributed by atoms with Gasteiger partial charge in [-0.1, -0.05) is 37.1 Å². The molecule has 116 valence electrons. The van der Waals surface area contributed by atoms with Gasteiger partial charge in [0.2, 0.25) is 0 Å². The summed E-state index contributed by atoms with van der Waals surface area (Å²) in [4.78, 5) is 4.01. The SMILES string of the molecule is ClCCCCCCOc1ccc(C=Cc2ccncc2)cc1. The molecule has 0 atom stereocenters. The predicted octanol–water partition coefficient (Wildman–Crippen LogP) is 5.43. The predicted molar refractivity (Wildman–Crippen MR) is 94.3 cm³/mol. The normalized spacial score (nSPS) is 11.0. The standard InChI is InChI=1S/C19H22ClNO/c20-13-3-1-2-4-16-22-19-9-7-17(8-10-19)5-6-18-11-14-21-15-12-18/h5-12,14-15H,1-4,13,16H2. The Kier molecular flexibility index (Phi) is 7.54. The number of hydrogen-bond donors (Lipinski definition) is 0. The Bertz CT molecular complexity index is 551. The van der Waals surface area contributed by atoms with Gasteiger partial charge in [0.1, 0.15) is 5.75 Å². The van der Waals surface area contributed by atoms with Gasteiger partial charge in [0.15, 0.2) is 0 Å². The molecule has 2 aromatic rings. The molecule has 1 aromatic carbocycles. The van der Waals surface area contributed by atoms with Crippen molar-refractivity contribution in [2.75, 3.05) is 12.5 Å². The fraction of sp³-hybridized carbons (Fsp3) is 0.316. The van der Waals surface area contributed by atoms with Crippen LogP contribution in [-0.4, -0.2) is 17.5 Å². The molecule has 22 heavy (non-hydrogen) atoms. The molecule has 0 aliphatic heterocycles. The van der Waals surface area contributed by atoms with Gasteiger partial charge in [-0.25, -0.2) is 0 Å². The summed E-state index contributed by atoms with van der Waals surface area (Å²) in [7, 11) is 0. The van der Waals surface area contributed by atoms with Gasteiger partial charge in [-0.05, 0) is 48.2 Å². The summed E-state index contributed by atoms with van der Waals surface area (Å²) in [6.07, 6.45) is 12.3. The van der Waals surface area contributed by atoms with E-state index in [0.717, 1.165) is 42.2 Å². The third-order valence-corrected chi connectivity index (χ3v) is 3.62. The number of hydrogen-bond acceptors (Lipinski definition) is 2. The molecule has 0 bridgehead atoms. The smallest absolute Gasteiger partial charge is 0.119 e. The topological polar surface area (TPSA) is 22.1 Å². The van der Waals surface area contributed by atoms with Crippen LogP contribution in [0.25, 0.3) is 12.2 Å². The van der Waals surface area contributed by atoms with Crippen LogP contribution >= 0.6 is 11.6 Å². The number of unbranched alkanes of at least 4 members (excludes halogenated alkanes) is 3. The van der Waals surface area contributed by atoms with Crippen molar-refractivity contribution in [2.24, 2.45) is 0 Å². The van der Waals surface area contributed by atoms with E-state index < -0.39 is 0 Å². The molecule has 0 aliphatic rings. The van der Waals surface area contributed by atoms with Gasteiger partial charge in [0.25, 0.3) is 0 Å². The van der Waals surface area contributed by atoms with E-state index in [1.54, 1.807) is 12.4 Å². The molecule has 0 N–H and O–H groups in total. The lowest BCUT2D eigenvalue weighted by Crippen LogP contribution is -1.97. The number of pyridine rings is 1. The second-order valence-electron chi connectivity index (χ2n) is 5.13. The van der Waals surface area contributed by atoms with Crippen LogP contribution in [0.3, 0.4) is 0 Å². The van der Waals surface area contributed by atoms with E-state index in [2.05, 4.69) is 29.3 Å². The molecule has 1 heterocycles. The monoisotopic (exact) mass is 315 g/mol. The first-order valence-corrected chi connectivity index (χ1v) is 8.29. The lowest BCUT2D eigenvalue weighted by molar-refractivity contribution is 0.305. The van der Waals surface area contributed by atoms with Gasteiger partial charge in [0.05, 0.1) is 6.61 Å². The Morgan fingerprint density at radius 2 is 1.45 bits per heavy atom. The number of alkyl halides is 1. The maximum Gasteiger partial charge on any atom is 0.119 e. The maximum atomic E-state index is 5.74. The molecular formula is C19H22ClNO. The van der Waals surface area contributed by atoms with E-state index in [0.29, 0.717) is 0 Å². The van der Waals surface area contributed by atoms with Crippen LogP contribution in [0.1, 0.15) is 36.8 Å². The number of halogens is 1. The lowest BCUT2D eigenvalue weighted by Gasteiger charge is -2.06. The van der Waals surface area contributed by atoms with Crippen molar-refractivity contribution in [1.82, 2.24) is 4.98 Å². The van der Waals surface area contributed by atoms with Gasteiger partial charge >= 0.3 is 0 Å². The highest BCUT2D eigenvalue weighted by Gasteiger charge is 1.95. The van der Waals surface area contributed by atoms with E-state index in [9.17, 15) is 0 Å². The van der Waals surface area contributed by atoms with E-state index >= 15 is 0 Å². The molecule has 0 saturated heterocycles. The Morgan fingerprint density at radius 3 is 2.14 bits per heavy atom. The molecular weight excluding hydrogens is 294 g/mol. The molecule has 0 unspecified atom stereocenters. The van der Waals surface area contributed by atoms with Gasteiger partial charge in [-0.2, -0.15) is 0 Å². The highest BCUT2D eigenvalue weighted by atomic mass is 35.5. The second kappa shape index (κ2) is 10.0. The van der Waals surface area contributed by atoms with Crippen LogP contribution in [0.5, 0.6) is 5.75 Å². The van der Waals surface area contributed by atoms with Crippen molar-refractivity contribution in [1.29, 1.82) is 0 Å². The summed E-state index contributed by atoms with van der Waals surface area (Å²) < 4.78 is 5.74. The van der Waals surface area contributed by atoms with Crippen LogP contribution < -0.4 is 4.74 Å². The van der Waals surface area contributed by atoms with Crippen LogP contribution in [0.2, 0.25) is 0 Å². The molecule has 0 amide bonds. The number of benzene rings is 1. The molecule has 0 radical (unpaired) electrons. The van der Waals surface area contributed by atoms with Gasteiger partial charge in [-0.15, -0.1) is 11.6 Å². The molecule has 2 rings (SSSR count). The highest BCUT2D eigenvalue weighted by molar-refractivity contribution is 6.17. The Hall–Kier alpha value is -1.80. The first-order chi connectivity index (χ1) is 10.9. The fourth-order valence-corrected chi connectivity index (χ4v) is 2.27. The van der Waals surface area contributed by atoms with Crippen molar-refractivity contribution >= 4 is 23.8 Å². The summed E-state index contributed by atoms with van der Waals surface area (Å²) >= 11 is 5.65. The number of ether oxygens (including phenoxy) is 1. The van der Waals surface area contributed by atoms with Crippen LogP contribution in [0, 0.1) is 0 Å².